The van der Waals surface area contributed by atoms with Gasteiger partial charge in [-0.15, -0.1) is 0 Å². The van der Waals surface area contributed by atoms with Crippen molar-refractivity contribution in [3.63, 3.8) is 0 Å². The van der Waals surface area contributed by atoms with Crippen LogP contribution in [0.4, 0.5) is 5.69 Å². The summed E-state index contributed by atoms with van der Waals surface area (Å²) in [4.78, 5) is 12.1. The summed E-state index contributed by atoms with van der Waals surface area (Å²) in [6, 6.07) is 3.04. The molecule has 0 heterocycles. The van der Waals surface area contributed by atoms with Crippen molar-refractivity contribution < 1.29 is 9.53 Å². The average Bonchev–Trinajstić information content (AvgIpc) is 3.02. The molecule has 3 atom stereocenters. The second-order valence-electron chi connectivity index (χ2n) is 5.90. The summed E-state index contributed by atoms with van der Waals surface area (Å²) in [6.45, 7) is 0.475. The number of nitrogen functional groups attached to an aromatic ring is 1. The lowest BCUT2D eigenvalue weighted by Crippen LogP contribution is -2.19. The molecule has 2 saturated carbocycles. The number of carbonyl (C=O) groups is 1. The van der Waals surface area contributed by atoms with E-state index >= 15 is 0 Å². The Hall–Kier alpha value is -0.930. The van der Waals surface area contributed by atoms with Crippen molar-refractivity contribution in [2.75, 3.05) is 12.3 Å². The van der Waals surface area contributed by atoms with Gasteiger partial charge in [0.15, 0.2) is 0 Å². The molecule has 0 radical (unpaired) electrons. The molecule has 0 saturated heterocycles. The maximum Gasteiger partial charge on any atom is 0.339 e. The number of carbonyl (C=O) groups excluding carboxylic acids is 1. The predicted molar refractivity (Wildman–Crippen MR) is 80.1 cm³/mol. The highest BCUT2D eigenvalue weighted by molar-refractivity contribution is 6.44. The van der Waals surface area contributed by atoms with E-state index in [0.29, 0.717) is 18.2 Å². The predicted octanol–water partition coefficient (Wildman–Crippen LogP) is 4.17. The van der Waals surface area contributed by atoms with Gasteiger partial charge in [0.05, 0.1) is 22.2 Å². The summed E-state index contributed by atoms with van der Waals surface area (Å²) in [6.07, 6.45) is 5.10. The van der Waals surface area contributed by atoms with Gasteiger partial charge in [0.2, 0.25) is 0 Å². The second-order valence-corrected chi connectivity index (χ2v) is 6.68. The first kappa shape index (κ1) is 14.0. The number of esters is 1. The number of hydrogen-bond acceptors (Lipinski definition) is 3. The summed E-state index contributed by atoms with van der Waals surface area (Å²) >= 11 is 12.0. The maximum atomic E-state index is 12.1. The monoisotopic (exact) mass is 313 g/mol. The smallest absolute Gasteiger partial charge is 0.339 e. The Labute approximate surface area is 128 Å². The zero-order valence-electron chi connectivity index (χ0n) is 11.1. The SMILES string of the molecule is Nc1cc(Cl)c(Cl)c(C(=O)OCC2CC3CCC2C3)c1. The fraction of sp³-hybridized carbons (Fsp3) is 0.533. The van der Waals surface area contributed by atoms with E-state index in [1.54, 1.807) is 0 Å². The van der Waals surface area contributed by atoms with Crippen molar-refractivity contribution in [2.24, 2.45) is 17.8 Å². The molecular weight excluding hydrogens is 297 g/mol. The lowest BCUT2D eigenvalue weighted by atomic mass is 9.89. The summed E-state index contributed by atoms with van der Waals surface area (Å²) in [5.74, 6) is 1.64. The van der Waals surface area contributed by atoms with Gasteiger partial charge in [0.25, 0.3) is 0 Å². The molecule has 108 valence electrons. The highest BCUT2D eigenvalue weighted by Crippen LogP contribution is 2.48. The van der Waals surface area contributed by atoms with Crippen LogP contribution in [0, 0.1) is 17.8 Å². The maximum absolute atomic E-state index is 12.1. The molecule has 2 aliphatic carbocycles. The van der Waals surface area contributed by atoms with Gasteiger partial charge in [-0.25, -0.2) is 4.79 Å². The van der Waals surface area contributed by atoms with Crippen LogP contribution in [0.3, 0.4) is 0 Å². The number of benzene rings is 1. The minimum atomic E-state index is -0.438. The third-order valence-corrected chi connectivity index (χ3v) is 5.39. The highest BCUT2D eigenvalue weighted by Gasteiger charge is 2.40. The molecule has 0 aliphatic heterocycles. The average molecular weight is 314 g/mol. The number of nitrogens with two attached hydrogens (primary N) is 1. The Kier molecular flexibility index (Phi) is 3.83. The van der Waals surface area contributed by atoms with E-state index in [4.69, 9.17) is 33.7 Å². The standard InChI is InChI=1S/C15H17Cl2NO2/c16-13-6-11(18)5-12(14(13)17)15(19)20-7-10-4-8-1-2-9(10)3-8/h5-6,8-10H,1-4,7,18H2. The molecule has 20 heavy (non-hydrogen) atoms. The highest BCUT2D eigenvalue weighted by atomic mass is 35.5. The molecule has 3 unspecified atom stereocenters. The van der Waals surface area contributed by atoms with Crippen LogP contribution in [-0.2, 0) is 4.74 Å². The quantitative estimate of drug-likeness (QED) is 0.673. The van der Waals surface area contributed by atoms with Gasteiger partial charge in [0.1, 0.15) is 0 Å². The van der Waals surface area contributed by atoms with Crippen LogP contribution in [-0.4, -0.2) is 12.6 Å². The molecule has 2 N–H and O–H groups in total. The van der Waals surface area contributed by atoms with Crippen molar-refractivity contribution in [1.82, 2.24) is 0 Å². The molecule has 2 fully saturated rings. The Balaban J connectivity index is 1.65. The van der Waals surface area contributed by atoms with Crippen molar-refractivity contribution >= 4 is 34.9 Å². The van der Waals surface area contributed by atoms with Crippen molar-refractivity contribution in [3.05, 3.63) is 27.7 Å². The molecular formula is C15H17Cl2NO2. The number of fused-ring (bicyclic) bond motifs is 2. The number of anilines is 1. The van der Waals surface area contributed by atoms with E-state index in [0.717, 1.165) is 11.8 Å². The molecule has 1 aromatic carbocycles. The van der Waals surface area contributed by atoms with E-state index < -0.39 is 5.97 Å². The number of hydrogen-bond donors (Lipinski definition) is 1. The lowest BCUT2D eigenvalue weighted by Gasteiger charge is -2.21. The number of halogens is 2. The van der Waals surface area contributed by atoms with Gasteiger partial charge >= 0.3 is 5.97 Å². The molecule has 0 spiro atoms. The van der Waals surface area contributed by atoms with Crippen molar-refractivity contribution in [3.8, 4) is 0 Å². The Morgan fingerprint density at radius 1 is 1.30 bits per heavy atom. The van der Waals surface area contributed by atoms with Gasteiger partial charge in [-0.2, -0.15) is 0 Å². The van der Waals surface area contributed by atoms with Crippen LogP contribution in [0.1, 0.15) is 36.0 Å². The van der Waals surface area contributed by atoms with E-state index in [1.807, 2.05) is 0 Å². The third-order valence-electron chi connectivity index (χ3n) is 4.58. The molecule has 0 aromatic heterocycles. The minimum absolute atomic E-state index is 0.207. The Morgan fingerprint density at radius 2 is 2.10 bits per heavy atom. The molecule has 0 amide bonds. The largest absolute Gasteiger partial charge is 0.462 e. The summed E-state index contributed by atoms with van der Waals surface area (Å²) < 4.78 is 5.42. The zero-order valence-corrected chi connectivity index (χ0v) is 12.6. The van der Waals surface area contributed by atoms with Gasteiger partial charge in [-0.05, 0) is 49.1 Å². The molecule has 5 heteroatoms. The van der Waals surface area contributed by atoms with Gasteiger partial charge in [0, 0.05) is 5.69 Å². The number of ether oxygens (including phenoxy) is 1. The summed E-state index contributed by atoms with van der Waals surface area (Å²) in [5, 5.41) is 0.484. The first-order valence-electron chi connectivity index (χ1n) is 6.96. The Morgan fingerprint density at radius 3 is 2.75 bits per heavy atom. The molecule has 2 bridgehead atoms. The van der Waals surface area contributed by atoms with E-state index in [2.05, 4.69) is 0 Å². The molecule has 3 nitrogen and oxygen atoms in total. The molecule has 3 rings (SSSR count). The summed E-state index contributed by atoms with van der Waals surface area (Å²) in [7, 11) is 0. The topological polar surface area (TPSA) is 52.3 Å². The van der Waals surface area contributed by atoms with E-state index in [1.165, 1.54) is 37.8 Å². The van der Waals surface area contributed by atoms with Crippen LogP contribution in [0.15, 0.2) is 12.1 Å². The molecule has 1 aromatic rings. The van der Waals surface area contributed by atoms with Crippen LogP contribution in [0.25, 0.3) is 0 Å². The zero-order chi connectivity index (χ0) is 14.3. The van der Waals surface area contributed by atoms with Crippen molar-refractivity contribution in [1.29, 1.82) is 0 Å². The fourth-order valence-corrected chi connectivity index (χ4v) is 4.01. The van der Waals surface area contributed by atoms with E-state index in [-0.39, 0.29) is 15.6 Å². The third kappa shape index (κ3) is 2.61. The summed E-state index contributed by atoms with van der Waals surface area (Å²) in [5.41, 5.74) is 6.34. The number of rotatable bonds is 3. The van der Waals surface area contributed by atoms with Crippen LogP contribution in [0.5, 0.6) is 0 Å². The first-order chi connectivity index (χ1) is 9.54. The van der Waals surface area contributed by atoms with Crippen LogP contribution < -0.4 is 5.73 Å². The van der Waals surface area contributed by atoms with Gasteiger partial charge < -0.3 is 10.5 Å². The normalized spacial score (nSPS) is 27.8. The minimum Gasteiger partial charge on any atom is -0.462 e. The first-order valence-corrected chi connectivity index (χ1v) is 7.72. The van der Waals surface area contributed by atoms with Crippen molar-refractivity contribution in [2.45, 2.75) is 25.7 Å². The second kappa shape index (κ2) is 5.45. The fourth-order valence-electron chi connectivity index (χ4n) is 3.60. The molecule has 2 aliphatic rings. The Bertz CT molecular complexity index is 547. The van der Waals surface area contributed by atoms with Gasteiger partial charge in [-0.1, -0.05) is 29.6 Å². The van der Waals surface area contributed by atoms with E-state index in [9.17, 15) is 4.79 Å². The van der Waals surface area contributed by atoms with Gasteiger partial charge in [-0.3, -0.25) is 0 Å². The van der Waals surface area contributed by atoms with Crippen LogP contribution in [0.2, 0.25) is 10.0 Å². The lowest BCUT2D eigenvalue weighted by molar-refractivity contribution is 0.0394. The van der Waals surface area contributed by atoms with Crippen LogP contribution >= 0.6 is 23.2 Å².